The zero-order valence-corrected chi connectivity index (χ0v) is 18.0. The zero-order valence-electron chi connectivity index (χ0n) is 18.0. The quantitative estimate of drug-likeness (QED) is 0.586. The number of aromatic nitrogens is 3. The van der Waals surface area contributed by atoms with Crippen molar-refractivity contribution in [2.24, 2.45) is 13.0 Å². The molecule has 31 heavy (non-hydrogen) atoms. The average molecular weight is 426 g/mol. The van der Waals surface area contributed by atoms with Gasteiger partial charge in [-0.25, -0.2) is 19.2 Å². The Morgan fingerprint density at radius 1 is 1.26 bits per heavy atom. The second-order valence-electron chi connectivity index (χ2n) is 7.95. The molecule has 8 heteroatoms. The molecule has 1 saturated heterocycles. The lowest BCUT2D eigenvalue weighted by atomic mass is 9.97. The lowest BCUT2D eigenvalue weighted by Crippen LogP contribution is -2.38. The van der Waals surface area contributed by atoms with E-state index in [0.29, 0.717) is 29.6 Å². The Morgan fingerprint density at radius 3 is 2.71 bits per heavy atom. The topological polar surface area (TPSA) is 72.3 Å². The highest BCUT2D eigenvalue weighted by atomic mass is 19.1. The molecule has 1 aliphatic rings. The number of halogens is 1. The van der Waals surface area contributed by atoms with Gasteiger partial charge in [0.2, 0.25) is 5.95 Å². The molecule has 0 spiro atoms. The van der Waals surface area contributed by atoms with Crippen LogP contribution in [-0.2, 0) is 18.3 Å². The molecular formula is C23H28FN5O2. The summed E-state index contributed by atoms with van der Waals surface area (Å²) < 4.78 is 20.9. The lowest BCUT2D eigenvalue weighted by Gasteiger charge is -2.32. The first-order valence-corrected chi connectivity index (χ1v) is 10.7. The number of para-hydroxylation sites is 1. The summed E-state index contributed by atoms with van der Waals surface area (Å²) in [5.41, 5.74) is 2.14. The minimum Gasteiger partial charge on any atom is -0.462 e. The van der Waals surface area contributed by atoms with Crippen molar-refractivity contribution in [1.29, 1.82) is 0 Å². The third-order valence-corrected chi connectivity index (χ3v) is 5.83. The summed E-state index contributed by atoms with van der Waals surface area (Å²) >= 11 is 0. The number of nitrogens with zero attached hydrogens (tertiary/aromatic N) is 4. The molecule has 0 radical (unpaired) electrons. The fraction of sp³-hybridized carbons (Fsp3) is 0.435. The predicted octanol–water partition coefficient (Wildman–Crippen LogP) is 3.29. The molecule has 1 N–H and O–H groups in total. The summed E-state index contributed by atoms with van der Waals surface area (Å²) in [6.45, 7) is 5.50. The van der Waals surface area contributed by atoms with Crippen molar-refractivity contribution in [3.05, 3.63) is 53.7 Å². The van der Waals surface area contributed by atoms with E-state index in [0.717, 1.165) is 50.0 Å². The van der Waals surface area contributed by atoms with E-state index < -0.39 is 5.97 Å². The van der Waals surface area contributed by atoms with E-state index in [1.54, 1.807) is 13.0 Å². The highest BCUT2D eigenvalue weighted by Gasteiger charge is 2.21. The predicted molar refractivity (Wildman–Crippen MR) is 118 cm³/mol. The first kappa shape index (κ1) is 21.2. The third kappa shape index (κ3) is 4.69. The van der Waals surface area contributed by atoms with Gasteiger partial charge in [0.1, 0.15) is 5.82 Å². The molecule has 2 aromatic heterocycles. The molecule has 0 aliphatic carbocycles. The normalized spacial score (nSPS) is 14.9. The van der Waals surface area contributed by atoms with Gasteiger partial charge in [-0.05, 0) is 43.9 Å². The molecule has 7 nitrogen and oxygen atoms in total. The molecule has 0 unspecified atom stereocenters. The van der Waals surface area contributed by atoms with Crippen LogP contribution in [0.2, 0.25) is 0 Å². The molecule has 0 saturated carbocycles. The Bertz CT molecular complexity index is 1040. The van der Waals surface area contributed by atoms with E-state index in [4.69, 9.17) is 4.74 Å². The van der Waals surface area contributed by atoms with Gasteiger partial charge in [0.05, 0.1) is 17.7 Å². The Morgan fingerprint density at radius 2 is 2.00 bits per heavy atom. The monoisotopic (exact) mass is 425 g/mol. The summed E-state index contributed by atoms with van der Waals surface area (Å²) in [7, 11) is 1.88. The van der Waals surface area contributed by atoms with Crippen molar-refractivity contribution in [2.75, 3.05) is 31.1 Å². The second kappa shape index (κ2) is 9.43. The summed E-state index contributed by atoms with van der Waals surface area (Å²) in [5.74, 6) is 0.642. The molecule has 1 fully saturated rings. The summed E-state index contributed by atoms with van der Waals surface area (Å²) in [6, 6.07) is 5.24. The number of hydrogen-bond acceptors (Lipinski definition) is 6. The van der Waals surface area contributed by atoms with Crippen LogP contribution in [0.15, 0.2) is 36.8 Å². The third-order valence-electron chi connectivity index (χ3n) is 5.83. The average Bonchev–Trinajstić information content (AvgIpc) is 3.11. The van der Waals surface area contributed by atoms with Gasteiger partial charge in [-0.2, -0.15) is 0 Å². The number of nitrogens with one attached hydrogen (secondary N) is 1. The maximum Gasteiger partial charge on any atom is 0.341 e. The Balaban J connectivity index is 1.26. The van der Waals surface area contributed by atoms with Crippen LogP contribution in [0.4, 0.5) is 10.3 Å². The number of benzene rings is 1. The highest BCUT2D eigenvalue weighted by molar-refractivity contribution is 5.88. The van der Waals surface area contributed by atoms with Crippen LogP contribution >= 0.6 is 0 Å². The molecule has 0 amide bonds. The SMILES string of the molecule is CCOC(=O)c1cnc(N2CCC(CNCc3cn(C)c4c(F)cccc34)CC2)nc1. The van der Waals surface area contributed by atoms with Gasteiger partial charge < -0.3 is 19.5 Å². The number of carbonyl (C=O) groups is 1. The number of aryl methyl sites for hydroxylation is 1. The summed E-state index contributed by atoms with van der Waals surface area (Å²) in [5, 5.41) is 4.51. The van der Waals surface area contributed by atoms with Crippen molar-refractivity contribution in [3.63, 3.8) is 0 Å². The molecule has 0 atom stereocenters. The molecule has 1 aliphatic heterocycles. The van der Waals surface area contributed by atoms with Gasteiger partial charge in [0.15, 0.2) is 0 Å². The van der Waals surface area contributed by atoms with E-state index in [9.17, 15) is 9.18 Å². The maximum atomic E-state index is 14.1. The first-order valence-electron chi connectivity index (χ1n) is 10.7. The molecule has 4 rings (SSSR count). The number of fused-ring (bicyclic) bond motifs is 1. The van der Waals surface area contributed by atoms with Crippen LogP contribution in [0.3, 0.4) is 0 Å². The number of ether oxygens (including phenoxy) is 1. The highest BCUT2D eigenvalue weighted by Crippen LogP contribution is 2.24. The smallest absolute Gasteiger partial charge is 0.341 e. The van der Waals surface area contributed by atoms with Crippen LogP contribution < -0.4 is 10.2 Å². The largest absolute Gasteiger partial charge is 0.462 e. The van der Waals surface area contributed by atoms with Crippen molar-refractivity contribution in [2.45, 2.75) is 26.3 Å². The van der Waals surface area contributed by atoms with E-state index >= 15 is 0 Å². The standard InChI is InChI=1S/C23H28FN5O2/c1-3-31-22(30)17-13-26-23(27-14-17)29-9-7-16(8-10-29)11-25-12-18-15-28(2)21-19(18)5-4-6-20(21)24/h4-6,13-16,25H,3,7-12H2,1-2H3. The number of rotatable bonds is 7. The molecule has 3 heterocycles. The van der Waals surface area contributed by atoms with Gasteiger partial charge >= 0.3 is 5.97 Å². The van der Waals surface area contributed by atoms with Crippen LogP contribution in [-0.4, -0.2) is 46.7 Å². The zero-order chi connectivity index (χ0) is 21.8. The number of esters is 1. The number of anilines is 1. The minimum absolute atomic E-state index is 0.184. The summed E-state index contributed by atoms with van der Waals surface area (Å²) in [4.78, 5) is 22.6. The molecule has 0 bridgehead atoms. The number of hydrogen-bond donors (Lipinski definition) is 1. The second-order valence-corrected chi connectivity index (χ2v) is 7.95. The van der Waals surface area contributed by atoms with Gasteiger partial charge in [-0.15, -0.1) is 0 Å². The van der Waals surface area contributed by atoms with E-state index in [-0.39, 0.29) is 5.82 Å². The number of piperidine rings is 1. The maximum absolute atomic E-state index is 14.1. The fourth-order valence-electron chi connectivity index (χ4n) is 4.19. The van der Waals surface area contributed by atoms with Crippen LogP contribution in [0.25, 0.3) is 10.9 Å². The molecule has 3 aromatic rings. The van der Waals surface area contributed by atoms with Crippen LogP contribution in [0.1, 0.15) is 35.7 Å². The van der Waals surface area contributed by atoms with Crippen molar-refractivity contribution < 1.29 is 13.9 Å². The van der Waals surface area contributed by atoms with Gasteiger partial charge in [0.25, 0.3) is 0 Å². The van der Waals surface area contributed by atoms with Crippen LogP contribution in [0.5, 0.6) is 0 Å². The Hall–Kier alpha value is -3.00. The fourth-order valence-corrected chi connectivity index (χ4v) is 4.19. The minimum atomic E-state index is -0.396. The Labute approximate surface area is 181 Å². The first-order chi connectivity index (χ1) is 15.1. The van der Waals surface area contributed by atoms with E-state index in [1.165, 1.54) is 18.5 Å². The molecular weight excluding hydrogens is 397 g/mol. The molecule has 164 valence electrons. The van der Waals surface area contributed by atoms with Crippen molar-refractivity contribution >= 4 is 22.8 Å². The van der Waals surface area contributed by atoms with E-state index in [2.05, 4.69) is 20.2 Å². The van der Waals surface area contributed by atoms with Gasteiger partial charge in [-0.1, -0.05) is 12.1 Å². The summed E-state index contributed by atoms with van der Waals surface area (Å²) in [6.07, 6.45) is 7.14. The van der Waals surface area contributed by atoms with Crippen LogP contribution in [0, 0.1) is 11.7 Å². The van der Waals surface area contributed by atoms with Gasteiger partial charge in [0, 0.05) is 50.7 Å². The van der Waals surface area contributed by atoms with Crippen molar-refractivity contribution in [3.8, 4) is 0 Å². The van der Waals surface area contributed by atoms with Gasteiger partial charge in [-0.3, -0.25) is 0 Å². The van der Waals surface area contributed by atoms with Crippen molar-refractivity contribution in [1.82, 2.24) is 19.9 Å². The lowest BCUT2D eigenvalue weighted by molar-refractivity contribution is 0.0525. The number of carbonyl (C=O) groups excluding carboxylic acids is 1. The molecule has 1 aromatic carbocycles. The Kier molecular flexibility index (Phi) is 6.46. The van der Waals surface area contributed by atoms with E-state index in [1.807, 2.05) is 23.9 Å².